The number of nitrogens with one attached hydrogen (secondary N) is 1. The van der Waals surface area contributed by atoms with E-state index in [2.05, 4.69) is 48.1 Å². The van der Waals surface area contributed by atoms with Crippen LogP contribution in [0.4, 0.5) is 0 Å². The molecule has 0 spiro atoms. The first-order valence-electron chi connectivity index (χ1n) is 7.04. The topological polar surface area (TPSA) is 24.9 Å². The predicted molar refractivity (Wildman–Crippen MR) is 82.2 cm³/mol. The third-order valence-corrected chi connectivity index (χ3v) is 3.36. The summed E-state index contributed by atoms with van der Waals surface area (Å²) < 4.78 is 0. The molecule has 0 saturated carbocycles. The van der Waals surface area contributed by atoms with Gasteiger partial charge in [0, 0.05) is 17.6 Å². The Kier molecular flexibility index (Phi) is 5.10. The van der Waals surface area contributed by atoms with Gasteiger partial charge in [0.05, 0.1) is 5.52 Å². The summed E-state index contributed by atoms with van der Waals surface area (Å²) in [7, 11) is 0. The molecular formula is C17H22N2. The fourth-order valence-electron chi connectivity index (χ4n) is 2.40. The smallest absolute Gasteiger partial charge is 0.0705 e. The van der Waals surface area contributed by atoms with Gasteiger partial charge in [0.2, 0.25) is 0 Å². The van der Waals surface area contributed by atoms with Gasteiger partial charge in [0.25, 0.3) is 0 Å². The molecule has 100 valence electrons. The molecule has 1 N–H and O–H groups in total. The molecule has 1 heterocycles. The first kappa shape index (κ1) is 13.8. The zero-order valence-corrected chi connectivity index (χ0v) is 11.6. The van der Waals surface area contributed by atoms with Gasteiger partial charge in [0.15, 0.2) is 0 Å². The molecule has 1 aromatic carbocycles. The van der Waals surface area contributed by atoms with Crippen molar-refractivity contribution in [2.75, 3.05) is 6.54 Å². The van der Waals surface area contributed by atoms with Crippen LogP contribution in [0.1, 0.15) is 37.8 Å². The van der Waals surface area contributed by atoms with Crippen LogP contribution in [0.15, 0.2) is 49.2 Å². The number of nitrogens with zero attached hydrogens (tertiary/aromatic N) is 1. The summed E-state index contributed by atoms with van der Waals surface area (Å²) in [4.78, 5) is 4.44. The number of hydrogen-bond acceptors (Lipinski definition) is 2. The number of rotatable bonds is 7. The van der Waals surface area contributed by atoms with Gasteiger partial charge in [-0.15, -0.1) is 6.58 Å². The van der Waals surface area contributed by atoms with E-state index in [1.807, 2.05) is 18.3 Å². The molecule has 0 fully saturated rings. The summed E-state index contributed by atoms with van der Waals surface area (Å²) in [5, 5.41) is 4.89. The number of hydrogen-bond donors (Lipinski definition) is 1. The molecule has 2 aromatic rings. The minimum Gasteiger partial charge on any atom is -0.310 e. The highest BCUT2D eigenvalue weighted by Crippen LogP contribution is 2.26. The van der Waals surface area contributed by atoms with E-state index in [1.54, 1.807) is 0 Å². The summed E-state index contributed by atoms with van der Waals surface area (Å²) in [5.74, 6) is 0. The molecule has 2 heteroatoms. The van der Waals surface area contributed by atoms with Crippen molar-refractivity contribution in [1.82, 2.24) is 10.3 Å². The molecule has 2 rings (SSSR count). The summed E-state index contributed by atoms with van der Waals surface area (Å²) in [6, 6.07) is 10.9. The Balaban J connectivity index is 2.33. The zero-order chi connectivity index (χ0) is 13.5. The Morgan fingerprint density at radius 3 is 3.00 bits per heavy atom. The molecule has 0 radical (unpaired) electrons. The molecule has 0 amide bonds. The number of benzene rings is 1. The van der Waals surface area contributed by atoms with Gasteiger partial charge >= 0.3 is 0 Å². The maximum Gasteiger partial charge on any atom is 0.0705 e. The van der Waals surface area contributed by atoms with Crippen LogP contribution in [0.5, 0.6) is 0 Å². The van der Waals surface area contributed by atoms with E-state index in [0.717, 1.165) is 31.3 Å². The molecule has 19 heavy (non-hydrogen) atoms. The highest BCUT2D eigenvalue weighted by Gasteiger charge is 2.12. The minimum atomic E-state index is 0.380. The third-order valence-electron chi connectivity index (χ3n) is 3.36. The van der Waals surface area contributed by atoms with Crippen LogP contribution in [0, 0.1) is 0 Å². The molecule has 2 nitrogen and oxygen atoms in total. The van der Waals surface area contributed by atoms with Crippen molar-refractivity contribution in [3.05, 3.63) is 54.7 Å². The van der Waals surface area contributed by atoms with Crippen molar-refractivity contribution in [2.24, 2.45) is 0 Å². The standard InChI is InChI=1S/C17H22N2/c1-3-5-10-16(18-12-4-2)14-8-6-11-17-15(14)9-7-13-19-17/h3,6-9,11,13,16,18H,1,4-5,10,12H2,2H3. The van der Waals surface area contributed by atoms with Gasteiger partial charge in [-0.25, -0.2) is 0 Å². The van der Waals surface area contributed by atoms with Crippen molar-refractivity contribution in [3.8, 4) is 0 Å². The first-order valence-corrected chi connectivity index (χ1v) is 7.04. The Morgan fingerprint density at radius 1 is 1.32 bits per heavy atom. The highest BCUT2D eigenvalue weighted by atomic mass is 14.9. The van der Waals surface area contributed by atoms with Crippen LogP contribution in [0.2, 0.25) is 0 Å². The Morgan fingerprint density at radius 2 is 2.21 bits per heavy atom. The van der Waals surface area contributed by atoms with Crippen LogP contribution in [0.25, 0.3) is 10.9 Å². The lowest BCUT2D eigenvalue weighted by Crippen LogP contribution is -2.22. The van der Waals surface area contributed by atoms with Crippen LogP contribution in [-0.4, -0.2) is 11.5 Å². The molecule has 1 unspecified atom stereocenters. The average Bonchev–Trinajstić information content (AvgIpc) is 2.47. The molecule has 0 bridgehead atoms. The lowest BCUT2D eigenvalue weighted by atomic mass is 9.97. The molecule has 0 aliphatic carbocycles. The van der Waals surface area contributed by atoms with Crippen molar-refractivity contribution >= 4 is 10.9 Å². The van der Waals surface area contributed by atoms with E-state index in [-0.39, 0.29) is 0 Å². The summed E-state index contributed by atoms with van der Waals surface area (Å²) >= 11 is 0. The summed E-state index contributed by atoms with van der Waals surface area (Å²) in [5.41, 5.74) is 2.42. The van der Waals surface area contributed by atoms with Crippen LogP contribution >= 0.6 is 0 Å². The van der Waals surface area contributed by atoms with Crippen LogP contribution < -0.4 is 5.32 Å². The lowest BCUT2D eigenvalue weighted by Gasteiger charge is -2.20. The Labute approximate surface area is 115 Å². The fraction of sp³-hybridized carbons (Fsp3) is 0.353. The molecule has 0 aliphatic heterocycles. The SMILES string of the molecule is C=CCCC(NCCC)c1cccc2ncccc12. The van der Waals surface area contributed by atoms with E-state index >= 15 is 0 Å². The highest BCUT2D eigenvalue weighted by molar-refractivity contribution is 5.82. The van der Waals surface area contributed by atoms with Gasteiger partial charge in [0.1, 0.15) is 0 Å². The van der Waals surface area contributed by atoms with Crippen molar-refractivity contribution in [3.63, 3.8) is 0 Å². The second-order valence-corrected chi connectivity index (χ2v) is 4.79. The van der Waals surface area contributed by atoms with Gasteiger partial charge in [-0.2, -0.15) is 0 Å². The van der Waals surface area contributed by atoms with Crippen molar-refractivity contribution in [1.29, 1.82) is 0 Å². The number of aromatic nitrogens is 1. The summed E-state index contributed by atoms with van der Waals surface area (Å²) in [6.07, 6.45) is 7.09. The van der Waals surface area contributed by atoms with E-state index in [0.29, 0.717) is 6.04 Å². The fourth-order valence-corrected chi connectivity index (χ4v) is 2.40. The monoisotopic (exact) mass is 254 g/mol. The minimum absolute atomic E-state index is 0.380. The van der Waals surface area contributed by atoms with Crippen LogP contribution in [0.3, 0.4) is 0 Å². The molecule has 1 atom stereocenters. The second kappa shape index (κ2) is 7.05. The Hall–Kier alpha value is -1.67. The van der Waals surface area contributed by atoms with Gasteiger partial charge < -0.3 is 5.32 Å². The number of fused-ring (bicyclic) bond motifs is 1. The lowest BCUT2D eigenvalue weighted by molar-refractivity contribution is 0.506. The first-order chi connectivity index (χ1) is 9.36. The molecule has 0 saturated heterocycles. The third kappa shape index (κ3) is 3.42. The largest absolute Gasteiger partial charge is 0.310 e. The maximum absolute atomic E-state index is 4.44. The van der Waals surface area contributed by atoms with E-state index in [1.165, 1.54) is 10.9 Å². The second-order valence-electron chi connectivity index (χ2n) is 4.79. The Bertz CT molecular complexity index is 528. The molecule has 1 aromatic heterocycles. The zero-order valence-electron chi connectivity index (χ0n) is 11.6. The molecule has 0 aliphatic rings. The van der Waals surface area contributed by atoms with Crippen molar-refractivity contribution < 1.29 is 0 Å². The summed E-state index contributed by atoms with van der Waals surface area (Å²) in [6.45, 7) is 7.07. The van der Waals surface area contributed by atoms with Gasteiger partial charge in [-0.1, -0.05) is 31.2 Å². The van der Waals surface area contributed by atoms with E-state index < -0.39 is 0 Å². The van der Waals surface area contributed by atoms with Gasteiger partial charge in [-0.05, 0) is 43.5 Å². The predicted octanol–water partition coefficient (Wildman–Crippen LogP) is 4.24. The average molecular weight is 254 g/mol. The quantitative estimate of drug-likeness (QED) is 0.747. The van der Waals surface area contributed by atoms with Gasteiger partial charge in [-0.3, -0.25) is 4.98 Å². The molecular weight excluding hydrogens is 232 g/mol. The van der Waals surface area contributed by atoms with Crippen LogP contribution in [-0.2, 0) is 0 Å². The van der Waals surface area contributed by atoms with E-state index in [4.69, 9.17) is 0 Å². The number of allylic oxidation sites excluding steroid dienone is 1. The van der Waals surface area contributed by atoms with E-state index in [9.17, 15) is 0 Å². The normalized spacial score (nSPS) is 12.5. The number of pyridine rings is 1. The maximum atomic E-state index is 4.44. The van der Waals surface area contributed by atoms with Crippen molar-refractivity contribution in [2.45, 2.75) is 32.2 Å².